The fraction of sp³-hybridized carbons (Fsp3) is 0.167. The van der Waals surface area contributed by atoms with Crippen LogP contribution in [0.2, 0.25) is 0 Å². The van der Waals surface area contributed by atoms with Gasteiger partial charge in [-0.3, -0.25) is 0 Å². The summed E-state index contributed by atoms with van der Waals surface area (Å²) < 4.78 is 18.1. The second-order valence-electron chi connectivity index (χ2n) is 5.21. The van der Waals surface area contributed by atoms with Crippen LogP contribution in [0.5, 0.6) is 17.2 Å². The lowest BCUT2D eigenvalue weighted by Gasteiger charge is -2.07. The Morgan fingerprint density at radius 1 is 1.12 bits per heavy atom. The van der Waals surface area contributed by atoms with E-state index in [9.17, 15) is 0 Å². The van der Waals surface area contributed by atoms with Crippen LogP contribution in [0.1, 0.15) is 11.4 Å². The van der Waals surface area contributed by atoms with Gasteiger partial charge in [-0.2, -0.15) is 14.9 Å². The lowest BCUT2D eigenvalue weighted by Crippen LogP contribution is -2.04. The molecule has 0 aliphatic carbocycles. The summed E-state index contributed by atoms with van der Waals surface area (Å²) in [5.74, 6) is 2.65. The highest BCUT2D eigenvalue weighted by Crippen LogP contribution is 2.20. The number of para-hydroxylation sites is 1. The topological polar surface area (TPSA) is 73.7 Å². The third-order valence-corrected chi connectivity index (χ3v) is 3.84. The molecule has 0 aliphatic heterocycles. The Kier molecular flexibility index (Phi) is 5.65. The number of methoxy groups -OCH3 is 2. The molecule has 134 valence electrons. The van der Waals surface area contributed by atoms with Crippen molar-refractivity contribution in [2.45, 2.75) is 6.61 Å². The second-order valence-corrected chi connectivity index (χ2v) is 5.60. The van der Waals surface area contributed by atoms with Crippen molar-refractivity contribution in [3.8, 4) is 17.2 Å². The Balaban J connectivity index is 1.78. The van der Waals surface area contributed by atoms with Crippen LogP contribution >= 0.6 is 12.2 Å². The molecule has 2 aromatic carbocycles. The van der Waals surface area contributed by atoms with Crippen molar-refractivity contribution >= 4 is 18.4 Å². The maximum absolute atomic E-state index is 5.76. The Hall–Kier alpha value is -3.13. The van der Waals surface area contributed by atoms with Crippen molar-refractivity contribution in [2.75, 3.05) is 14.2 Å². The molecule has 26 heavy (non-hydrogen) atoms. The SMILES string of the molecule is COc1cccc(OCc2n[nH]c(=S)n2/N=C\c2ccccc2OC)c1. The molecule has 0 spiro atoms. The highest BCUT2D eigenvalue weighted by Gasteiger charge is 2.07. The maximum Gasteiger partial charge on any atom is 0.216 e. The number of nitrogens with one attached hydrogen (secondary N) is 1. The molecule has 0 aliphatic rings. The number of benzene rings is 2. The van der Waals surface area contributed by atoms with Crippen LogP contribution in [-0.2, 0) is 6.61 Å². The van der Waals surface area contributed by atoms with Gasteiger partial charge in [-0.1, -0.05) is 18.2 Å². The molecular formula is C18H18N4O3S. The summed E-state index contributed by atoms with van der Waals surface area (Å²) >= 11 is 5.24. The Bertz CT molecular complexity index is 965. The number of rotatable bonds is 7. The van der Waals surface area contributed by atoms with Gasteiger partial charge in [0.05, 0.1) is 20.4 Å². The summed E-state index contributed by atoms with van der Waals surface area (Å²) in [6.45, 7) is 0.198. The standard InChI is InChI=1S/C18H18N4O3S/c1-23-14-7-5-8-15(10-14)25-12-17-20-21-18(26)22(17)19-11-13-6-3-4-9-16(13)24-2/h3-11H,12H2,1-2H3,(H,21,26)/b19-11-. The Labute approximate surface area is 155 Å². The van der Waals surface area contributed by atoms with Gasteiger partial charge < -0.3 is 14.2 Å². The van der Waals surface area contributed by atoms with Gasteiger partial charge in [-0.05, 0) is 36.5 Å². The van der Waals surface area contributed by atoms with E-state index in [0.29, 0.717) is 16.3 Å². The first kappa shape index (κ1) is 17.7. The zero-order chi connectivity index (χ0) is 18.4. The Morgan fingerprint density at radius 3 is 2.73 bits per heavy atom. The number of ether oxygens (including phenoxy) is 3. The molecule has 8 heteroatoms. The number of nitrogens with zero attached hydrogens (tertiary/aromatic N) is 3. The van der Waals surface area contributed by atoms with Gasteiger partial charge in [0.25, 0.3) is 0 Å². The average Bonchev–Trinajstić information content (AvgIpc) is 3.04. The van der Waals surface area contributed by atoms with Crippen LogP contribution in [-0.4, -0.2) is 35.3 Å². The second kappa shape index (κ2) is 8.30. The van der Waals surface area contributed by atoms with E-state index in [1.807, 2.05) is 42.5 Å². The third kappa shape index (κ3) is 4.09. The summed E-state index contributed by atoms with van der Waals surface area (Å²) in [7, 11) is 3.22. The molecule has 1 aromatic heterocycles. The number of hydrogen-bond donors (Lipinski definition) is 1. The molecule has 1 N–H and O–H groups in total. The highest BCUT2D eigenvalue weighted by molar-refractivity contribution is 7.71. The van der Waals surface area contributed by atoms with E-state index in [-0.39, 0.29) is 6.61 Å². The average molecular weight is 370 g/mol. The van der Waals surface area contributed by atoms with Crippen molar-refractivity contribution in [1.82, 2.24) is 14.9 Å². The Morgan fingerprint density at radius 2 is 1.92 bits per heavy atom. The maximum atomic E-state index is 5.76. The molecule has 0 unspecified atom stereocenters. The summed E-state index contributed by atoms with van der Waals surface area (Å²) in [4.78, 5) is 0. The molecule has 0 fully saturated rings. The summed E-state index contributed by atoms with van der Waals surface area (Å²) in [6.07, 6.45) is 1.67. The van der Waals surface area contributed by atoms with Gasteiger partial charge in [0.1, 0.15) is 23.9 Å². The zero-order valence-electron chi connectivity index (χ0n) is 14.4. The van der Waals surface area contributed by atoms with Gasteiger partial charge in [-0.25, -0.2) is 5.10 Å². The lowest BCUT2D eigenvalue weighted by atomic mass is 10.2. The van der Waals surface area contributed by atoms with Crippen molar-refractivity contribution in [1.29, 1.82) is 0 Å². The summed E-state index contributed by atoms with van der Waals surface area (Å²) in [5, 5.41) is 11.3. The van der Waals surface area contributed by atoms with E-state index in [1.54, 1.807) is 26.5 Å². The van der Waals surface area contributed by atoms with E-state index in [1.165, 1.54) is 4.68 Å². The van der Waals surface area contributed by atoms with E-state index in [4.69, 9.17) is 26.4 Å². The first-order valence-electron chi connectivity index (χ1n) is 7.82. The molecule has 0 saturated heterocycles. The number of H-pyrrole nitrogens is 1. The van der Waals surface area contributed by atoms with Gasteiger partial charge >= 0.3 is 0 Å². The number of aromatic nitrogens is 3. The predicted molar refractivity (Wildman–Crippen MR) is 101 cm³/mol. The van der Waals surface area contributed by atoms with E-state index in [0.717, 1.165) is 17.1 Å². The van der Waals surface area contributed by atoms with Crippen LogP contribution in [0, 0.1) is 4.77 Å². The molecule has 0 atom stereocenters. The molecule has 3 rings (SSSR count). The summed E-state index contributed by atoms with van der Waals surface area (Å²) in [6, 6.07) is 14.9. The molecular weight excluding hydrogens is 352 g/mol. The molecule has 0 radical (unpaired) electrons. The van der Waals surface area contributed by atoms with E-state index < -0.39 is 0 Å². The normalized spacial score (nSPS) is 10.8. The monoisotopic (exact) mass is 370 g/mol. The molecule has 3 aromatic rings. The van der Waals surface area contributed by atoms with Crippen LogP contribution in [0.15, 0.2) is 53.6 Å². The lowest BCUT2D eigenvalue weighted by molar-refractivity contribution is 0.288. The van der Waals surface area contributed by atoms with Gasteiger partial charge in [0, 0.05) is 11.6 Å². The summed E-state index contributed by atoms with van der Waals surface area (Å²) in [5.41, 5.74) is 0.831. The largest absolute Gasteiger partial charge is 0.497 e. The van der Waals surface area contributed by atoms with Crippen LogP contribution in [0.25, 0.3) is 0 Å². The van der Waals surface area contributed by atoms with E-state index >= 15 is 0 Å². The zero-order valence-corrected chi connectivity index (χ0v) is 15.2. The minimum absolute atomic E-state index is 0.198. The van der Waals surface area contributed by atoms with Gasteiger partial charge in [0.15, 0.2) is 5.82 Å². The van der Waals surface area contributed by atoms with Crippen LogP contribution in [0.3, 0.4) is 0 Å². The fourth-order valence-corrected chi connectivity index (χ4v) is 2.47. The first-order valence-corrected chi connectivity index (χ1v) is 8.22. The van der Waals surface area contributed by atoms with Crippen molar-refractivity contribution < 1.29 is 14.2 Å². The molecule has 7 nitrogen and oxygen atoms in total. The van der Waals surface area contributed by atoms with Crippen molar-refractivity contribution in [2.24, 2.45) is 5.10 Å². The molecule has 0 saturated carbocycles. The third-order valence-electron chi connectivity index (χ3n) is 3.58. The predicted octanol–water partition coefficient (Wildman–Crippen LogP) is 3.42. The van der Waals surface area contributed by atoms with Gasteiger partial charge in [-0.15, -0.1) is 0 Å². The number of aromatic amines is 1. The quantitative estimate of drug-likeness (QED) is 0.510. The molecule has 0 bridgehead atoms. The van der Waals surface area contributed by atoms with Crippen molar-refractivity contribution in [3.05, 3.63) is 64.7 Å². The molecule has 0 amide bonds. The van der Waals surface area contributed by atoms with E-state index in [2.05, 4.69) is 15.3 Å². The highest BCUT2D eigenvalue weighted by atomic mass is 32.1. The first-order chi connectivity index (χ1) is 12.7. The fourth-order valence-electron chi connectivity index (χ4n) is 2.27. The number of hydrogen-bond acceptors (Lipinski definition) is 6. The minimum atomic E-state index is 0.198. The van der Waals surface area contributed by atoms with Crippen LogP contribution in [0.4, 0.5) is 0 Å². The van der Waals surface area contributed by atoms with Crippen molar-refractivity contribution in [3.63, 3.8) is 0 Å². The van der Waals surface area contributed by atoms with Gasteiger partial charge in [0.2, 0.25) is 4.77 Å². The molecule has 1 heterocycles. The smallest absolute Gasteiger partial charge is 0.216 e. The minimum Gasteiger partial charge on any atom is -0.497 e. The van der Waals surface area contributed by atoms with Crippen LogP contribution < -0.4 is 14.2 Å².